The first-order chi connectivity index (χ1) is 12.4. The number of para-hydroxylation sites is 1. The third-order valence-electron chi connectivity index (χ3n) is 3.87. The first-order valence-electron chi connectivity index (χ1n) is 7.98. The summed E-state index contributed by atoms with van der Waals surface area (Å²) in [7, 11) is 1.55. The van der Waals surface area contributed by atoms with Crippen LogP contribution < -0.4 is 4.74 Å². The molecule has 0 fully saturated rings. The lowest BCUT2D eigenvalue weighted by Crippen LogP contribution is -2.07. The Morgan fingerprint density at radius 3 is 2.38 bits per heavy atom. The smallest absolute Gasteiger partial charge is 0.435 e. The summed E-state index contributed by atoms with van der Waals surface area (Å²) < 4.78 is 46.3. The normalized spacial score (nSPS) is 11.9. The molecule has 2 aromatic carbocycles. The predicted molar refractivity (Wildman–Crippen MR) is 95.3 cm³/mol. The van der Waals surface area contributed by atoms with Crippen molar-refractivity contribution >= 4 is 6.08 Å². The van der Waals surface area contributed by atoms with Crippen LogP contribution in [-0.2, 0) is 6.18 Å². The SMILES string of the molecule is C/C=C/c1cc(-c2cc(C(F)(F)F)nn2-c2ccccc2)ccc1OC. The van der Waals surface area contributed by atoms with E-state index in [0.29, 0.717) is 22.7 Å². The number of hydrogen-bond donors (Lipinski definition) is 0. The minimum Gasteiger partial charge on any atom is -0.496 e. The molecule has 3 aromatic rings. The molecule has 0 radical (unpaired) electrons. The monoisotopic (exact) mass is 358 g/mol. The van der Waals surface area contributed by atoms with Crippen molar-refractivity contribution in [3.05, 3.63) is 71.9 Å². The summed E-state index contributed by atoms with van der Waals surface area (Å²) in [5, 5.41) is 3.79. The van der Waals surface area contributed by atoms with Crippen molar-refractivity contribution in [3.8, 4) is 22.7 Å². The molecule has 0 saturated carbocycles. The number of aromatic nitrogens is 2. The van der Waals surface area contributed by atoms with Crippen LogP contribution in [-0.4, -0.2) is 16.9 Å². The maximum absolute atomic E-state index is 13.2. The summed E-state index contributed by atoms with van der Waals surface area (Å²) in [4.78, 5) is 0. The molecule has 0 spiro atoms. The van der Waals surface area contributed by atoms with E-state index >= 15 is 0 Å². The fourth-order valence-electron chi connectivity index (χ4n) is 2.69. The second kappa shape index (κ2) is 7.07. The topological polar surface area (TPSA) is 27.1 Å². The highest BCUT2D eigenvalue weighted by Gasteiger charge is 2.35. The molecule has 0 aliphatic rings. The molecular formula is C20H17F3N2O. The second-order valence-electron chi connectivity index (χ2n) is 5.62. The molecule has 0 aliphatic carbocycles. The van der Waals surface area contributed by atoms with Gasteiger partial charge in [-0.2, -0.15) is 18.3 Å². The van der Waals surface area contributed by atoms with Crippen molar-refractivity contribution < 1.29 is 17.9 Å². The van der Waals surface area contributed by atoms with E-state index in [2.05, 4.69) is 5.10 Å². The van der Waals surface area contributed by atoms with E-state index in [1.54, 1.807) is 55.6 Å². The number of hydrogen-bond acceptors (Lipinski definition) is 2. The van der Waals surface area contributed by atoms with Crippen LogP contribution in [0.1, 0.15) is 18.2 Å². The third kappa shape index (κ3) is 3.49. The predicted octanol–water partition coefficient (Wildman–Crippen LogP) is 5.60. The van der Waals surface area contributed by atoms with Crippen LogP contribution in [0.2, 0.25) is 0 Å². The van der Waals surface area contributed by atoms with E-state index in [4.69, 9.17) is 4.74 Å². The molecule has 0 N–H and O–H groups in total. The van der Waals surface area contributed by atoms with Crippen molar-refractivity contribution in [1.82, 2.24) is 9.78 Å². The number of allylic oxidation sites excluding steroid dienone is 1. The van der Waals surface area contributed by atoms with Gasteiger partial charge in [-0.15, -0.1) is 0 Å². The van der Waals surface area contributed by atoms with Crippen LogP contribution in [0.3, 0.4) is 0 Å². The summed E-state index contributed by atoms with van der Waals surface area (Å²) >= 11 is 0. The fraction of sp³-hybridized carbons (Fsp3) is 0.150. The van der Waals surface area contributed by atoms with Gasteiger partial charge in [0.1, 0.15) is 5.75 Å². The molecule has 0 unspecified atom stereocenters. The van der Waals surface area contributed by atoms with Crippen LogP contribution in [0, 0.1) is 0 Å². The lowest BCUT2D eigenvalue weighted by Gasteiger charge is -2.10. The van der Waals surface area contributed by atoms with E-state index in [1.807, 2.05) is 19.1 Å². The molecule has 3 rings (SSSR count). The quantitative estimate of drug-likeness (QED) is 0.607. The zero-order valence-corrected chi connectivity index (χ0v) is 14.3. The van der Waals surface area contributed by atoms with Crippen LogP contribution in [0.4, 0.5) is 13.2 Å². The van der Waals surface area contributed by atoms with Gasteiger partial charge in [0.15, 0.2) is 5.69 Å². The van der Waals surface area contributed by atoms with Crippen LogP contribution in [0.25, 0.3) is 23.0 Å². The van der Waals surface area contributed by atoms with Crippen molar-refractivity contribution in [3.63, 3.8) is 0 Å². The second-order valence-corrected chi connectivity index (χ2v) is 5.62. The molecule has 26 heavy (non-hydrogen) atoms. The number of rotatable bonds is 4. The average molecular weight is 358 g/mol. The van der Waals surface area contributed by atoms with Gasteiger partial charge in [-0.3, -0.25) is 0 Å². The summed E-state index contributed by atoms with van der Waals surface area (Å²) in [6.45, 7) is 1.86. The van der Waals surface area contributed by atoms with Crippen LogP contribution in [0.5, 0.6) is 5.75 Å². The van der Waals surface area contributed by atoms with Gasteiger partial charge in [0, 0.05) is 11.1 Å². The summed E-state index contributed by atoms with van der Waals surface area (Å²) in [5.74, 6) is 0.647. The Labute approximate surface area is 149 Å². The van der Waals surface area contributed by atoms with Crippen LogP contribution >= 0.6 is 0 Å². The molecule has 0 atom stereocenters. The number of nitrogens with zero attached hydrogens (tertiary/aromatic N) is 2. The van der Waals surface area contributed by atoms with Gasteiger partial charge in [-0.25, -0.2) is 4.68 Å². The van der Waals surface area contributed by atoms with Crippen molar-refractivity contribution in [2.45, 2.75) is 13.1 Å². The van der Waals surface area contributed by atoms with Gasteiger partial charge in [0.05, 0.1) is 18.5 Å². The van der Waals surface area contributed by atoms with Crippen molar-refractivity contribution in [2.75, 3.05) is 7.11 Å². The first kappa shape index (κ1) is 17.8. The van der Waals surface area contributed by atoms with Crippen LogP contribution in [0.15, 0.2) is 60.7 Å². The Bertz CT molecular complexity index is 928. The summed E-state index contributed by atoms with van der Waals surface area (Å²) in [6.07, 6.45) is -0.832. The minimum atomic E-state index is -4.52. The Morgan fingerprint density at radius 1 is 1.04 bits per heavy atom. The maximum Gasteiger partial charge on any atom is 0.435 e. The Hall–Kier alpha value is -3.02. The maximum atomic E-state index is 13.2. The Morgan fingerprint density at radius 2 is 1.77 bits per heavy atom. The third-order valence-corrected chi connectivity index (χ3v) is 3.87. The molecular weight excluding hydrogens is 341 g/mol. The standard InChI is InChI=1S/C20H17F3N2O/c1-3-7-15-12-14(10-11-18(15)26-2)17-13-19(20(21,22)23)24-25(17)16-8-5-4-6-9-16/h3-13H,1-2H3/b7-3+. The minimum absolute atomic E-state index is 0.358. The highest BCUT2D eigenvalue weighted by Crippen LogP contribution is 2.34. The summed E-state index contributed by atoms with van der Waals surface area (Å²) in [5.41, 5.74) is 1.38. The number of benzene rings is 2. The van der Waals surface area contributed by atoms with Gasteiger partial charge in [0.2, 0.25) is 0 Å². The average Bonchev–Trinajstić information content (AvgIpc) is 3.08. The first-order valence-corrected chi connectivity index (χ1v) is 7.98. The van der Waals surface area contributed by atoms with E-state index in [1.165, 1.54) is 4.68 Å². The molecule has 0 bridgehead atoms. The number of methoxy groups -OCH3 is 1. The molecule has 1 aromatic heterocycles. The number of alkyl halides is 3. The van der Waals surface area contributed by atoms with Gasteiger partial charge in [0.25, 0.3) is 0 Å². The zero-order valence-electron chi connectivity index (χ0n) is 14.3. The highest BCUT2D eigenvalue weighted by atomic mass is 19.4. The highest BCUT2D eigenvalue weighted by molar-refractivity contribution is 5.70. The van der Waals surface area contributed by atoms with E-state index in [9.17, 15) is 13.2 Å². The van der Waals surface area contributed by atoms with Gasteiger partial charge in [-0.1, -0.05) is 30.4 Å². The largest absolute Gasteiger partial charge is 0.496 e. The van der Waals surface area contributed by atoms with E-state index < -0.39 is 11.9 Å². The zero-order chi connectivity index (χ0) is 18.7. The lowest BCUT2D eigenvalue weighted by molar-refractivity contribution is -0.141. The molecule has 0 amide bonds. The fourth-order valence-corrected chi connectivity index (χ4v) is 2.69. The summed E-state index contributed by atoms with van der Waals surface area (Å²) in [6, 6.07) is 15.1. The van der Waals surface area contributed by atoms with Gasteiger partial charge in [-0.05, 0) is 43.3 Å². The van der Waals surface area contributed by atoms with E-state index in [0.717, 1.165) is 11.6 Å². The molecule has 6 heteroatoms. The molecule has 3 nitrogen and oxygen atoms in total. The lowest BCUT2D eigenvalue weighted by atomic mass is 10.1. The van der Waals surface area contributed by atoms with Gasteiger partial charge >= 0.3 is 6.18 Å². The van der Waals surface area contributed by atoms with Gasteiger partial charge < -0.3 is 4.74 Å². The Balaban J connectivity index is 2.21. The van der Waals surface area contributed by atoms with E-state index in [-0.39, 0.29) is 0 Å². The number of ether oxygens (including phenoxy) is 1. The van der Waals surface area contributed by atoms with Crippen molar-refractivity contribution in [2.24, 2.45) is 0 Å². The Kier molecular flexibility index (Phi) is 4.84. The molecule has 0 saturated heterocycles. The molecule has 134 valence electrons. The van der Waals surface area contributed by atoms with Crippen molar-refractivity contribution in [1.29, 1.82) is 0 Å². The molecule has 0 aliphatic heterocycles. The molecule has 1 heterocycles. The number of halogens is 3.